The summed E-state index contributed by atoms with van der Waals surface area (Å²) in [7, 11) is 0. The van der Waals surface area contributed by atoms with E-state index < -0.39 is 0 Å². The normalized spacial score (nSPS) is 14.6. The first-order valence-corrected chi connectivity index (χ1v) is 8.26. The van der Waals surface area contributed by atoms with Gasteiger partial charge in [-0.1, -0.05) is 17.7 Å². The SMILES string of the molecule is Cc1cc(N2CCN(C=O)CC2)nc(Nc2ccc(C)c(Cl)c2)n1. The summed E-state index contributed by atoms with van der Waals surface area (Å²) in [6, 6.07) is 7.74. The summed E-state index contributed by atoms with van der Waals surface area (Å²) in [4.78, 5) is 23.8. The minimum absolute atomic E-state index is 0.544. The zero-order valence-corrected chi connectivity index (χ0v) is 14.5. The molecule has 1 aromatic heterocycles. The van der Waals surface area contributed by atoms with Crippen molar-refractivity contribution in [2.45, 2.75) is 13.8 Å². The molecule has 6 nitrogen and oxygen atoms in total. The number of piperazine rings is 1. The predicted octanol–water partition coefficient (Wildman–Crippen LogP) is 2.77. The van der Waals surface area contributed by atoms with Crippen molar-refractivity contribution >= 4 is 35.5 Å². The van der Waals surface area contributed by atoms with Crippen LogP contribution < -0.4 is 10.2 Å². The first kappa shape index (κ1) is 16.5. The molecule has 2 aromatic rings. The number of halogens is 1. The van der Waals surface area contributed by atoms with Gasteiger partial charge in [0.05, 0.1) is 0 Å². The molecule has 1 aliphatic heterocycles. The predicted molar refractivity (Wildman–Crippen MR) is 96.1 cm³/mol. The van der Waals surface area contributed by atoms with Crippen molar-refractivity contribution < 1.29 is 4.79 Å². The third-order valence-corrected chi connectivity index (χ3v) is 4.46. The number of hydrogen-bond acceptors (Lipinski definition) is 5. The second kappa shape index (κ2) is 7.05. The van der Waals surface area contributed by atoms with Crippen molar-refractivity contribution in [3.63, 3.8) is 0 Å². The molecule has 24 heavy (non-hydrogen) atoms. The lowest BCUT2D eigenvalue weighted by Crippen LogP contribution is -2.46. The van der Waals surface area contributed by atoms with Crippen LogP contribution in [0, 0.1) is 13.8 Å². The van der Waals surface area contributed by atoms with Crippen LogP contribution in [0.25, 0.3) is 0 Å². The summed E-state index contributed by atoms with van der Waals surface area (Å²) in [5, 5.41) is 3.92. The Labute approximate surface area is 146 Å². The summed E-state index contributed by atoms with van der Waals surface area (Å²) in [6.07, 6.45) is 0.899. The first-order chi connectivity index (χ1) is 11.5. The number of anilines is 3. The van der Waals surface area contributed by atoms with Gasteiger partial charge >= 0.3 is 0 Å². The summed E-state index contributed by atoms with van der Waals surface area (Å²) in [5.74, 6) is 1.41. The highest BCUT2D eigenvalue weighted by molar-refractivity contribution is 6.31. The molecule has 1 saturated heterocycles. The molecule has 1 aliphatic rings. The molecule has 3 rings (SSSR count). The Hall–Kier alpha value is -2.34. The Bertz CT molecular complexity index is 744. The lowest BCUT2D eigenvalue weighted by atomic mass is 10.2. The standard InChI is InChI=1S/C17H20ClN5O/c1-12-3-4-14(10-15(12)18)20-17-19-13(2)9-16(21-17)23-7-5-22(11-24)6-8-23/h3-4,9-11H,5-8H2,1-2H3,(H,19,20,21). The van der Waals surface area contributed by atoms with Gasteiger partial charge in [0, 0.05) is 48.6 Å². The number of hydrogen-bond donors (Lipinski definition) is 1. The Morgan fingerprint density at radius 1 is 1.12 bits per heavy atom. The number of aryl methyl sites for hydroxylation is 2. The van der Waals surface area contributed by atoms with Crippen LogP contribution in [-0.4, -0.2) is 47.5 Å². The average molecular weight is 346 g/mol. The molecular weight excluding hydrogens is 326 g/mol. The number of carbonyl (C=O) groups excluding carboxylic acids is 1. The highest BCUT2D eigenvalue weighted by Gasteiger charge is 2.17. The van der Waals surface area contributed by atoms with Crippen molar-refractivity contribution in [2.75, 3.05) is 36.4 Å². The second-order valence-corrected chi connectivity index (χ2v) is 6.32. The molecule has 1 N–H and O–H groups in total. The summed E-state index contributed by atoms with van der Waals surface area (Å²) in [5.41, 5.74) is 2.77. The van der Waals surface area contributed by atoms with E-state index in [1.807, 2.05) is 38.1 Å². The van der Waals surface area contributed by atoms with Crippen LogP contribution >= 0.6 is 11.6 Å². The van der Waals surface area contributed by atoms with E-state index in [0.29, 0.717) is 24.1 Å². The number of carbonyl (C=O) groups is 1. The number of benzene rings is 1. The van der Waals surface area contributed by atoms with Gasteiger partial charge in [-0.3, -0.25) is 4.79 Å². The van der Waals surface area contributed by atoms with E-state index in [1.165, 1.54) is 0 Å². The van der Waals surface area contributed by atoms with Gasteiger partial charge in [0.15, 0.2) is 0 Å². The quantitative estimate of drug-likeness (QED) is 0.863. The van der Waals surface area contributed by atoms with Crippen LogP contribution in [0.5, 0.6) is 0 Å². The van der Waals surface area contributed by atoms with Crippen molar-refractivity contribution in [3.05, 3.63) is 40.5 Å². The van der Waals surface area contributed by atoms with Gasteiger partial charge in [-0.15, -0.1) is 0 Å². The monoisotopic (exact) mass is 345 g/mol. The Balaban J connectivity index is 1.78. The maximum atomic E-state index is 10.8. The Morgan fingerprint density at radius 3 is 2.54 bits per heavy atom. The smallest absolute Gasteiger partial charge is 0.229 e. The van der Waals surface area contributed by atoms with Crippen molar-refractivity contribution in [1.29, 1.82) is 0 Å². The molecule has 0 unspecified atom stereocenters. The van der Waals surface area contributed by atoms with Gasteiger partial charge in [0.25, 0.3) is 0 Å². The van der Waals surface area contributed by atoms with Crippen molar-refractivity contribution in [1.82, 2.24) is 14.9 Å². The van der Waals surface area contributed by atoms with Gasteiger partial charge in [-0.2, -0.15) is 4.98 Å². The molecule has 7 heteroatoms. The van der Waals surface area contributed by atoms with E-state index in [4.69, 9.17) is 11.6 Å². The highest BCUT2D eigenvalue weighted by atomic mass is 35.5. The number of rotatable bonds is 4. The zero-order valence-electron chi connectivity index (χ0n) is 13.8. The molecule has 0 aliphatic carbocycles. The number of amides is 1. The second-order valence-electron chi connectivity index (χ2n) is 5.91. The fraction of sp³-hybridized carbons (Fsp3) is 0.353. The van der Waals surface area contributed by atoms with Crippen LogP contribution in [0.3, 0.4) is 0 Å². The Morgan fingerprint density at radius 2 is 1.88 bits per heavy atom. The lowest BCUT2D eigenvalue weighted by molar-refractivity contribution is -0.118. The van der Waals surface area contributed by atoms with Crippen LogP contribution in [0.2, 0.25) is 5.02 Å². The van der Waals surface area contributed by atoms with Gasteiger partial charge in [0.1, 0.15) is 5.82 Å². The van der Waals surface area contributed by atoms with E-state index in [-0.39, 0.29) is 0 Å². The molecular formula is C17H20ClN5O. The van der Waals surface area contributed by atoms with E-state index in [1.54, 1.807) is 4.90 Å². The minimum atomic E-state index is 0.544. The molecule has 0 spiro atoms. The molecule has 126 valence electrons. The summed E-state index contributed by atoms with van der Waals surface area (Å²) >= 11 is 6.17. The van der Waals surface area contributed by atoms with E-state index in [2.05, 4.69) is 20.2 Å². The third kappa shape index (κ3) is 3.76. The average Bonchev–Trinajstić information content (AvgIpc) is 2.58. The van der Waals surface area contributed by atoms with Crippen molar-refractivity contribution in [2.24, 2.45) is 0 Å². The lowest BCUT2D eigenvalue weighted by Gasteiger charge is -2.33. The fourth-order valence-electron chi connectivity index (χ4n) is 2.63. The molecule has 0 atom stereocenters. The minimum Gasteiger partial charge on any atom is -0.353 e. The van der Waals surface area contributed by atoms with E-state index in [0.717, 1.165) is 42.3 Å². The van der Waals surface area contributed by atoms with E-state index in [9.17, 15) is 4.79 Å². The molecule has 1 fully saturated rings. The maximum absolute atomic E-state index is 10.8. The molecule has 0 bridgehead atoms. The molecule has 0 radical (unpaired) electrons. The van der Waals surface area contributed by atoms with E-state index >= 15 is 0 Å². The van der Waals surface area contributed by atoms with Gasteiger partial charge in [-0.25, -0.2) is 4.98 Å². The topological polar surface area (TPSA) is 61.4 Å². The zero-order chi connectivity index (χ0) is 17.1. The third-order valence-electron chi connectivity index (χ3n) is 4.06. The largest absolute Gasteiger partial charge is 0.353 e. The van der Waals surface area contributed by atoms with Crippen LogP contribution in [0.1, 0.15) is 11.3 Å². The first-order valence-electron chi connectivity index (χ1n) is 7.88. The Kier molecular flexibility index (Phi) is 4.85. The van der Waals surface area contributed by atoms with Crippen LogP contribution in [0.4, 0.5) is 17.5 Å². The van der Waals surface area contributed by atoms with Gasteiger partial charge in [0.2, 0.25) is 12.4 Å². The van der Waals surface area contributed by atoms with Gasteiger partial charge < -0.3 is 15.1 Å². The number of nitrogens with one attached hydrogen (secondary N) is 1. The van der Waals surface area contributed by atoms with Crippen molar-refractivity contribution in [3.8, 4) is 0 Å². The maximum Gasteiger partial charge on any atom is 0.229 e. The van der Waals surface area contributed by atoms with Crippen LogP contribution in [-0.2, 0) is 4.79 Å². The van der Waals surface area contributed by atoms with Gasteiger partial charge in [-0.05, 0) is 31.5 Å². The van der Waals surface area contributed by atoms with Crippen LogP contribution in [0.15, 0.2) is 24.3 Å². The number of aromatic nitrogens is 2. The number of nitrogens with zero attached hydrogens (tertiary/aromatic N) is 4. The summed E-state index contributed by atoms with van der Waals surface area (Å²) < 4.78 is 0. The fourth-order valence-corrected chi connectivity index (χ4v) is 2.81. The molecule has 1 aromatic carbocycles. The molecule has 1 amide bonds. The molecule has 2 heterocycles. The molecule has 0 saturated carbocycles. The summed E-state index contributed by atoms with van der Waals surface area (Å²) in [6.45, 7) is 6.87. The highest BCUT2D eigenvalue weighted by Crippen LogP contribution is 2.23.